The van der Waals surface area contributed by atoms with E-state index in [1.54, 1.807) is 6.20 Å². The molecule has 0 radical (unpaired) electrons. The zero-order valence-electron chi connectivity index (χ0n) is 11.0. The Morgan fingerprint density at radius 2 is 2.00 bits per heavy atom. The van der Waals surface area contributed by atoms with E-state index in [1.165, 1.54) is 11.1 Å². The largest absolute Gasteiger partial charge is 0.391 e. The number of aliphatic hydroxyl groups is 1. The van der Waals surface area contributed by atoms with Crippen LogP contribution in [0.3, 0.4) is 0 Å². The molecule has 0 spiro atoms. The first-order valence-electron chi connectivity index (χ1n) is 6.68. The number of nitrogens with zero attached hydrogens (tertiary/aromatic N) is 1. The SMILES string of the molecule is CC(NC1c2ccccc2CC1O)c1ccccn1. The van der Waals surface area contributed by atoms with Crippen LogP contribution in [0.2, 0.25) is 0 Å². The fraction of sp³-hybridized carbons (Fsp3) is 0.312. The van der Waals surface area contributed by atoms with Crippen molar-refractivity contribution in [2.45, 2.75) is 31.5 Å². The summed E-state index contributed by atoms with van der Waals surface area (Å²) in [7, 11) is 0. The normalized spacial score (nSPS) is 23.1. The van der Waals surface area contributed by atoms with E-state index in [1.807, 2.05) is 30.3 Å². The molecule has 3 atom stereocenters. The van der Waals surface area contributed by atoms with Crippen LogP contribution < -0.4 is 5.32 Å². The maximum Gasteiger partial charge on any atom is 0.0775 e. The second-order valence-electron chi connectivity index (χ2n) is 5.09. The fourth-order valence-corrected chi connectivity index (χ4v) is 2.76. The van der Waals surface area contributed by atoms with E-state index in [-0.39, 0.29) is 18.2 Å². The molecular weight excluding hydrogens is 236 g/mol. The number of fused-ring (bicyclic) bond motifs is 1. The monoisotopic (exact) mass is 254 g/mol. The Hall–Kier alpha value is -1.71. The Morgan fingerprint density at radius 3 is 2.79 bits per heavy atom. The van der Waals surface area contributed by atoms with E-state index in [4.69, 9.17) is 0 Å². The number of benzene rings is 1. The molecule has 3 nitrogen and oxygen atoms in total. The lowest BCUT2D eigenvalue weighted by atomic mass is 10.1. The lowest BCUT2D eigenvalue weighted by Crippen LogP contribution is -2.31. The highest BCUT2D eigenvalue weighted by Crippen LogP contribution is 2.32. The molecule has 98 valence electrons. The van der Waals surface area contributed by atoms with Crippen molar-refractivity contribution in [3.8, 4) is 0 Å². The maximum atomic E-state index is 10.2. The van der Waals surface area contributed by atoms with Crippen LogP contribution in [-0.2, 0) is 6.42 Å². The second kappa shape index (κ2) is 5.11. The average molecular weight is 254 g/mol. The zero-order chi connectivity index (χ0) is 13.2. The molecule has 1 aliphatic carbocycles. The van der Waals surface area contributed by atoms with Crippen LogP contribution in [0, 0.1) is 0 Å². The Labute approximate surface area is 113 Å². The number of rotatable bonds is 3. The van der Waals surface area contributed by atoms with Crippen molar-refractivity contribution < 1.29 is 5.11 Å². The van der Waals surface area contributed by atoms with Crippen LogP contribution in [0.5, 0.6) is 0 Å². The molecule has 0 fully saturated rings. The van der Waals surface area contributed by atoms with Crippen LogP contribution in [0.1, 0.15) is 35.8 Å². The standard InChI is InChI=1S/C16H18N2O/c1-11(14-8-4-5-9-17-14)18-16-13-7-3-2-6-12(13)10-15(16)19/h2-9,11,15-16,18-19H,10H2,1H3. The zero-order valence-corrected chi connectivity index (χ0v) is 11.0. The Morgan fingerprint density at radius 1 is 1.21 bits per heavy atom. The van der Waals surface area contributed by atoms with Crippen molar-refractivity contribution >= 4 is 0 Å². The summed E-state index contributed by atoms with van der Waals surface area (Å²) in [5.41, 5.74) is 3.44. The molecule has 1 aliphatic rings. The number of hydrogen-bond acceptors (Lipinski definition) is 3. The van der Waals surface area contributed by atoms with Gasteiger partial charge in [0, 0.05) is 18.7 Å². The smallest absolute Gasteiger partial charge is 0.0775 e. The summed E-state index contributed by atoms with van der Waals surface area (Å²) >= 11 is 0. The summed E-state index contributed by atoms with van der Waals surface area (Å²) in [5.74, 6) is 0. The van der Waals surface area contributed by atoms with E-state index >= 15 is 0 Å². The van der Waals surface area contributed by atoms with Gasteiger partial charge in [0.05, 0.1) is 17.8 Å². The fourth-order valence-electron chi connectivity index (χ4n) is 2.76. The molecule has 0 bridgehead atoms. The number of nitrogens with one attached hydrogen (secondary N) is 1. The number of aromatic nitrogens is 1. The molecule has 1 aromatic heterocycles. The van der Waals surface area contributed by atoms with Gasteiger partial charge in [-0.2, -0.15) is 0 Å². The topological polar surface area (TPSA) is 45.1 Å². The molecule has 3 unspecified atom stereocenters. The quantitative estimate of drug-likeness (QED) is 0.884. The number of hydrogen-bond donors (Lipinski definition) is 2. The third-order valence-electron chi connectivity index (χ3n) is 3.76. The third kappa shape index (κ3) is 2.39. The van der Waals surface area contributed by atoms with E-state index < -0.39 is 0 Å². The first-order valence-corrected chi connectivity index (χ1v) is 6.68. The first-order chi connectivity index (χ1) is 9.25. The van der Waals surface area contributed by atoms with Crippen LogP contribution in [0.15, 0.2) is 48.7 Å². The minimum absolute atomic E-state index is 0.00629. The van der Waals surface area contributed by atoms with Gasteiger partial charge >= 0.3 is 0 Å². The molecule has 2 aromatic rings. The molecule has 0 amide bonds. The van der Waals surface area contributed by atoms with Crippen molar-refractivity contribution in [3.05, 3.63) is 65.5 Å². The maximum absolute atomic E-state index is 10.2. The van der Waals surface area contributed by atoms with Crippen molar-refractivity contribution in [3.63, 3.8) is 0 Å². The number of aliphatic hydroxyl groups excluding tert-OH is 1. The summed E-state index contributed by atoms with van der Waals surface area (Å²) < 4.78 is 0. The Kier molecular flexibility index (Phi) is 3.32. The van der Waals surface area contributed by atoms with Gasteiger partial charge in [-0.25, -0.2) is 0 Å². The van der Waals surface area contributed by atoms with Crippen LogP contribution in [0.4, 0.5) is 0 Å². The van der Waals surface area contributed by atoms with Gasteiger partial charge in [-0.05, 0) is 30.2 Å². The minimum atomic E-state index is -0.358. The molecule has 19 heavy (non-hydrogen) atoms. The van der Waals surface area contributed by atoms with E-state index in [0.29, 0.717) is 0 Å². The van der Waals surface area contributed by atoms with Crippen molar-refractivity contribution in [2.75, 3.05) is 0 Å². The van der Waals surface area contributed by atoms with Crippen molar-refractivity contribution in [2.24, 2.45) is 0 Å². The van der Waals surface area contributed by atoms with E-state index in [2.05, 4.69) is 29.4 Å². The number of pyridine rings is 1. The molecule has 0 saturated heterocycles. The van der Waals surface area contributed by atoms with Gasteiger partial charge in [-0.1, -0.05) is 30.3 Å². The van der Waals surface area contributed by atoms with Crippen molar-refractivity contribution in [1.82, 2.24) is 10.3 Å². The lowest BCUT2D eigenvalue weighted by Gasteiger charge is -2.22. The van der Waals surface area contributed by atoms with Gasteiger partial charge in [0.2, 0.25) is 0 Å². The van der Waals surface area contributed by atoms with Gasteiger partial charge in [-0.15, -0.1) is 0 Å². The van der Waals surface area contributed by atoms with Gasteiger partial charge in [0.25, 0.3) is 0 Å². The second-order valence-corrected chi connectivity index (χ2v) is 5.09. The highest BCUT2D eigenvalue weighted by molar-refractivity contribution is 5.36. The molecule has 3 heteroatoms. The van der Waals surface area contributed by atoms with Gasteiger partial charge < -0.3 is 5.11 Å². The van der Waals surface area contributed by atoms with Crippen LogP contribution >= 0.6 is 0 Å². The lowest BCUT2D eigenvalue weighted by molar-refractivity contribution is 0.135. The summed E-state index contributed by atoms with van der Waals surface area (Å²) in [6.07, 6.45) is 2.17. The Bertz CT molecular complexity index is 556. The van der Waals surface area contributed by atoms with Crippen LogP contribution in [0.25, 0.3) is 0 Å². The predicted molar refractivity (Wildman–Crippen MR) is 74.7 cm³/mol. The molecule has 1 heterocycles. The molecule has 2 N–H and O–H groups in total. The van der Waals surface area contributed by atoms with Gasteiger partial charge in [0.1, 0.15) is 0 Å². The van der Waals surface area contributed by atoms with E-state index in [0.717, 1.165) is 12.1 Å². The highest BCUT2D eigenvalue weighted by atomic mass is 16.3. The third-order valence-corrected chi connectivity index (χ3v) is 3.76. The minimum Gasteiger partial charge on any atom is -0.391 e. The predicted octanol–water partition coefficient (Wildman–Crippen LogP) is 2.39. The Balaban J connectivity index is 1.80. The summed E-state index contributed by atoms with van der Waals surface area (Å²) in [4.78, 5) is 4.36. The molecular formula is C16H18N2O. The van der Waals surface area contributed by atoms with Gasteiger partial charge in [0.15, 0.2) is 0 Å². The average Bonchev–Trinajstić information content (AvgIpc) is 2.76. The molecule has 0 aliphatic heterocycles. The van der Waals surface area contributed by atoms with Crippen molar-refractivity contribution in [1.29, 1.82) is 0 Å². The molecule has 0 saturated carbocycles. The molecule has 1 aromatic carbocycles. The molecule has 3 rings (SSSR count). The summed E-state index contributed by atoms with van der Waals surface area (Å²) in [6.45, 7) is 2.08. The van der Waals surface area contributed by atoms with Gasteiger partial charge in [-0.3, -0.25) is 10.3 Å². The first kappa shape index (κ1) is 12.3. The summed E-state index contributed by atoms with van der Waals surface area (Å²) in [6, 6.07) is 14.2. The highest BCUT2D eigenvalue weighted by Gasteiger charge is 2.31. The van der Waals surface area contributed by atoms with E-state index in [9.17, 15) is 5.11 Å². The van der Waals surface area contributed by atoms with Crippen LogP contribution in [-0.4, -0.2) is 16.2 Å². The summed E-state index contributed by atoms with van der Waals surface area (Å²) in [5, 5.41) is 13.7.